The van der Waals surface area contributed by atoms with Gasteiger partial charge in [-0.3, -0.25) is 24.0 Å². The van der Waals surface area contributed by atoms with Crippen LogP contribution < -0.4 is 10.0 Å². The van der Waals surface area contributed by atoms with Crippen LogP contribution in [0.2, 0.25) is 0 Å². The molecule has 1 aromatic heterocycles. The molecular formula is C28H29N5O5S. The molecule has 0 saturated heterocycles. The van der Waals surface area contributed by atoms with Gasteiger partial charge in [-0.2, -0.15) is 5.10 Å². The van der Waals surface area contributed by atoms with Crippen molar-refractivity contribution in [3.8, 4) is 0 Å². The number of benzene rings is 2. The van der Waals surface area contributed by atoms with E-state index in [2.05, 4.69) is 26.0 Å². The van der Waals surface area contributed by atoms with Gasteiger partial charge in [0.05, 0.1) is 33.0 Å². The minimum absolute atomic E-state index is 0.0926. The van der Waals surface area contributed by atoms with Crippen molar-refractivity contribution < 1.29 is 23.3 Å². The number of nitrogens with zero attached hydrogens (tertiary/aromatic N) is 3. The van der Waals surface area contributed by atoms with Crippen LogP contribution in [0.25, 0.3) is 0 Å². The van der Waals surface area contributed by atoms with Gasteiger partial charge in [-0.15, -0.1) is 0 Å². The third-order valence-corrected chi connectivity index (χ3v) is 7.64. The summed E-state index contributed by atoms with van der Waals surface area (Å²) < 4.78 is 22.0. The molecule has 11 heteroatoms. The van der Waals surface area contributed by atoms with Gasteiger partial charge >= 0.3 is 5.97 Å². The number of aromatic nitrogens is 2. The van der Waals surface area contributed by atoms with Gasteiger partial charge in [0, 0.05) is 36.6 Å². The molecule has 0 spiro atoms. The van der Waals surface area contributed by atoms with E-state index in [0.29, 0.717) is 29.8 Å². The number of anilines is 1. The molecule has 1 aliphatic rings. The molecule has 2 aromatic carbocycles. The van der Waals surface area contributed by atoms with Gasteiger partial charge in [0.25, 0.3) is 11.8 Å². The van der Waals surface area contributed by atoms with Gasteiger partial charge in [-0.25, -0.2) is 9.00 Å². The van der Waals surface area contributed by atoms with Crippen LogP contribution in [0.15, 0.2) is 76.3 Å². The second-order valence-electron chi connectivity index (χ2n) is 9.20. The van der Waals surface area contributed by atoms with Crippen molar-refractivity contribution in [1.29, 1.82) is 0 Å². The maximum Gasteiger partial charge on any atom is 0.337 e. The first-order valence-corrected chi connectivity index (χ1v) is 13.8. The second-order valence-corrected chi connectivity index (χ2v) is 11.2. The van der Waals surface area contributed by atoms with Gasteiger partial charge in [0.1, 0.15) is 5.69 Å². The fraction of sp³-hybridized carbons (Fsp3) is 0.214. The quantitative estimate of drug-likeness (QED) is 0.329. The maximum absolute atomic E-state index is 13.2. The Morgan fingerprint density at radius 1 is 1.13 bits per heavy atom. The summed E-state index contributed by atoms with van der Waals surface area (Å²) in [7, 11) is -0.271. The highest BCUT2D eigenvalue weighted by Crippen LogP contribution is 2.23. The SMILES string of the molecule is C=S(=O)(NC(=O)C1=CN=CC(Cc2cccc(NC(=O)c3cc(C)nn3C)c2)C1)c1cccc(C(=O)OC)c1. The molecule has 1 aliphatic heterocycles. The Morgan fingerprint density at radius 3 is 2.62 bits per heavy atom. The third kappa shape index (κ3) is 6.68. The summed E-state index contributed by atoms with van der Waals surface area (Å²) in [5.41, 5.74) is 3.37. The average molecular weight is 548 g/mol. The van der Waals surface area contributed by atoms with Crippen molar-refractivity contribution >= 4 is 45.3 Å². The van der Waals surface area contributed by atoms with E-state index >= 15 is 0 Å². The molecule has 0 aliphatic carbocycles. The van der Waals surface area contributed by atoms with Crippen molar-refractivity contribution in [3.05, 3.63) is 88.9 Å². The molecule has 0 bridgehead atoms. The minimum atomic E-state index is -3.24. The number of esters is 1. The van der Waals surface area contributed by atoms with E-state index in [1.807, 2.05) is 25.1 Å². The van der Waals surface area contributed by atoms with Crippen LogP contribution in [0.5, 0.6) is 0 Å². The van der Waals surface area contributed by atoms with Crippen LogP contribution >= 0.6 is 0 Å². The number of nitrogens with one attached hydrogen (secondary N) is 2. The highest BCUT2D eigenvalue weighted by molar-refractivity contribution is 7.99. The highest BCUT2D eigenvalue weighted by Gasteiger charge is 2.22. The number of ether oxygens (including phenoxy) is 1. The molecule has 2 atom stereocenters. The molecule has 10 nitrogen and oxygen atoms in total. The summed E-state index contributed by atoms with van der Waals surface area (Å²) >= 11 is 0. The van der Waals surface area contributed by atoms with Crippen LogP contribution in [0.1, 0.15) is 38.5 Å². The van der Waals surface area contributed by atoms with Gasteiger partial charge in [-0.1, -0.05) is 18.2 Å². The first-order valence-electron chi connectivity index (χ1n) is 12.1. The molecular weight excluding hydrogens is 518 g/mol. The third-order valence-electron chi connectivity index (χ3n) is 6.11. The van der Waals surface area contributed by atoms with Gasteiger partial charge in [0.15, 0.2) is 0 Å². The number of rotatable bonds is 8. The van der Waals surface area contributed by atoms with Gasteiger partial charge < -0.3 is 10.1 Å². The Bertz CT molecular complexity index is 1600. The summed E-state index contributed by atoms with van der Waals surface area (Å²) in [6, 6.07) is 15.2. The Labute approximate surface area is 226 Å². The number of carbonyl (C=O) groups is 3. The zero-order chi connectivity index (χ0) is 28.2. The van der Waals surface area contributed by atoms with E-state index in [1.54, 1.807) is 31.5 Å². The first kappa shape index (κ1) is 27.5. The van der Waals surface area contributed by atoms with Crippen molar-refractivity contribution in [2.75, 3.05) is 12.4 Å². The van der Waals surface area contributed by atoms with Crippen molar-refractivity contribution in [3.63, 3.8) is 0 Å². The van der Waals surface area contributed by atoms with Gasteiger partial charge in [0.2, 0.25) is 0 Å². The number of hydrogen-bond donors (Lipinski definition) is 2. The van der Waals surface area contributed by atoms with Crippen LogP contribution in [0, 0.1) is 12.8 Å². The number of carbonyl (C=O) groups excluding carboxylic acids is 3. The number of amides is 2. The summed E-state index contributed by atoms with van der Waals surface area (Å²) in [6.45, 7) is 1.82. The number of aliphatic imine (C=N–C) groups is 1. The Morgan fingerprint density at radius 2 is 1.90 bits per heavy atom. The minimum Gasteiger partial charge on any atom is -0.465 e. The zero-order valence-electron chi connectivity index (χ0n) is 21.8. The molecule has 2 N–H and O–H groups in total. The summed E-state index contributed by atoms with van der Waals surface area (Å²) in [5.74, 6) is 2.21. The average Bonchev–Trinajstić information content (AvgIpc) is 3.26. The zero-order valence-corrected chi connectivity index (χ0v) is 22.7. The number of hydrogen-bond acceptors (Lipinski definition) is 7. The first-order chi connectivity index (χ1) is 18.6. The molecule has 2 amide bonds. The Balaban J connectivity index is 1.39. The normalized spacial score (nSPS) is 16.1. The monoisotopic (exact) mass is 547 g/mol. The van der Waals surface area contributed by atoms with E-state index in [0.717, 1.165) is 11.3 Å². The molecule has 39 heavy (non-hydrogen) atoms. The molecule has 4 rings (SSSR count). The lowest BCUT2D eigenvalue weighted by Gasteiger charge is -2.19. The molecule has 2 heterocycles. The van der Waals surface area contributed by atoms with Crippen molar-refractivity contribution in [2.24, 2.45) is 18.0 Å². The van der Waals surface area contributed by atoms with Crippen LogP contribution in [0.4, 0.5) is 5.69 Å². The summed E-state index contributed by atoms with van der Waals surface area (Å²) in [4.78, 5) is 41.9. The predicted octanol–water partition coefficient (Wildman–Crippen LogP) is 3.09. The van der Waals surface area contributed by atoms with Crippen molar-refractivity contribution in [1.82, 2.24) is 14.5 Å². The van der Waals surface area contributed by atoms with E-state index in [-0.39, 0.29) is 22.3 Å². The Hall–Kier alpha value is -4.51. The highest BCUT2D eigenvalue weighted by atomic mass is 32.2. The number of methoxy groups -OCH3 is 1. The predicted molar refractivity (Wildman–Crippen MR) is 150 cm³/mol. The summed E-state index contributed by atoms with van der Waals surface area (Å²) in [6.07, 6.45) is 4.15. The van der Waals surface area contributed by atoms with E-state index in [1.165, 1.54) is 36.2 Å². The molecule has 0 radical (unpaired) electrons. The lowest BCUT2D eigenvalue weighted by Crippen LogP contribution is -2.33. The Kier molecular flexibility index (Phi) is 8.10. The number of aryl methyl sites for hydroxylation is 2. The maximum atomic E-state index is 13.2. The standard InChI is InChI=1S/C28H29N5O5S/c1-18-11-25(33(2)31-18)27(35)30-23-9-5-7-19(14-23)12-20-13-22(17-29-16-20)26(34)32-39(4,37)24-10-6-8-21(15-24)28(36)38-3/h5-11,14-17,20H,4,12-13H2,1-3H3,(H,30,35)(H,32,34,37). The lowest BCUT2D eigenvalue weighted by atomic mass is 9.92. The van der Waals surface area contributed by atoms with Crippen LogP contribution in [-0.2, 0) is 32.7 Å². The van der Waals surface area contributed by atoms with Crippen LogP contribution in [-0.4, -0.2) is 51.0 Å². The largest absolute Gasteiger partial charge is 0.465 e. The van der Waals surface area contributed by atoms with E-state index in [9.17, 15) is 18.6 Å². The van der Waals surface area contributed by atoms with E-state index < -0.39 is 21.6 Å². The van der Waals surface area contributed by atoms with Crippen molar-refractivity contribution in [2.45, 2.75) is 24.7 Å². The fourth-order valence-corrected chi connectivity index (χ4v) is 5.40. The van der Waals surface area contributed by atoms with E-state index in [4.69, 9.17) is 4.74 Å². The lowest BCUT2D eigenvalue weighted by molar-refractivity contribution is -0.116. The molecule has 0 fully saturated rings. The smallest absolute Gasteiger partial charge is 0.337 e. The topological polar surface area (TPSA) is 132 Å². The van der Waals surface area contributed by atoms with Crippen LogP contribution in [0.3, 0.4) is 0 Å². The molecule has 0 saturated carbocycles. The fourth-order valence-electron chi connectivity index (χ4n) is 4.24. The molecule has 3 aromatic rings. The van der Waals surface area contributed by atoms with Gasteiger partial charge in [-0.05, 0) is 67.6 Å². The molecule has 202 valence electrons. The second kappa shape index (κ2) is 11.5. The summed E-state index contributed by atoms with van der Waals surface area (Å²) in [5, 5.41) is 7.10. The molecule has 2 unspecified atom stereocenters.